The van der Waals surface area contributed by atoms with Crippen molar-refractivity contribution in [1.29, 1.82) is 0 Å². The van der Waals surface area contributed by atoms with Crippen LogP contribution in [0.5, 0.6) is 0 Å². The van der Waals surface area contributed by atoms with E-state index < -0.39 is 14.9 Å². The lowest BCUT2D eigenvalue weighted by Gasteiger charge is -2.32. The monoisotopic (exact) mass is 297 g/mol. The smallest absolute Gasteiger partial charge is 0.269 e. The van der Waals surface area contributed by atoms with E-state index in [2.05, 4.69) is 5.32 Å². The molecule has 0 aromatic heterocycles. The molecule has 3 rings (SSSR count). The SMILES string of the molecule is CS(=O)(=O)N1c2ccc([N+](=O)[O-])cc2C2CNCCC21. The Balaban J connectivity index is 2.16. The van der Waals surface area contributed by atoms with E-state index in [1.54, 1.807) is 6.07 Å². The number of hydrogen-bond acceptors (Lipinski definition) is 5. The third-order valence-corrected chi connectivity index (χ3v) is 5.15. The normalized spacial score (nSPS) is 25.1. The van der Waals surface area contributed by atoms with E-state index in [4.69, 9.17) is 0 Å². The molecule has 0 aliphatic carbocycles. The molecule has 0 radical (unpaired) electrons. The largest absolute Gasteiger partial charge is 0.316 e. The Hall–Kier alpha value is -1.67. The average Bonchev–Trinajstić information content (AvgIpc) is 2.71. The Bertz CT molecular complexity index is 673. The molecule has 2 aliphatic heterocycles. The molecule has 7 nitrogen and oxygen atoms in total. The Labute approximate surface area is 116 Å². The summed E-state index contributed by atoms with van der Waals surface area (Å²) >= 11 is 0. The second kappa shape index (κ2) is 4.42. The van der Waals surface area contributed by atoms with Gasteiger partial charge in [-0.2, -0.15) is 0 Å². The fraction of sp³-hybridized carbons (Fsp3) is 0.500. The number of nitro groups is 1. The van der Waals surface area contributed by atoms with Crippen molar-refractivity contribution in [3.05, 3.63) is 33.9 Å². The Kier molecular flexibility index (Phi) is 2.94. The Morgan fingerprint density at radius 3 is 2.85 bits per heavy atom. The molecular weight excluding hydrogens is 282 g/mol. The van der Waals surface area contributed by atoms with E-state index in [-0.39, 0.29) is 17.6 Å². The van der Waals surface area contributed by atoms with Crippen molar-refractivity contribution in [1.82, 2.24) is 5.32 Å². The van der Waals surface area contributed by atoms with Crippen LogP contribution in [0.4, 0.5) is 11.4 Å². The van der Waals surface area contributed by atoms with Crippen LogP contribution < -0.4 is 9.62 Å². The first-order chi connectivity index (χ1) is 9.39. The maximum Gasteiger partial charge on any atom is 0.269 e. The summed E-state index contributed by atoms with van der Waals surface area (Å²) in [6.07, 6.45) is 1.89. The molecule has 20 heavy (non-hydrogen) atoms. The maximum atomic E-state index is 12.0. The van der Waals surface area contributed by atoms with Crippen molar-refractivity contribution in [2.45, 2.75) is 18.4 Å². The summed E-state index contributed by atoms with van der Waals surface area (Å²) in [7, 11) is -3.38. The van der Waals surface area contributed by atoms with Crippen LogP contribution in [0.2, 0.25) is 0 Å². The highest BCUT2D eigenvalue weighted by molar-refractivity contribution is 7.92. The Morgan fingerprint density at radius 2 is 2.20 bits per heavy atom. The van der Waals surface area contributed by atoms with E-state index in [0.29, 0.717) is 18.7 Å². The number of anilines is 1. The molecule has 108 valence electrons. The molecule has 1 N–H and O–H groups in total. The molecule has 2 heterocycles. The van der Waals surface area contributed by atoms with Gasteiger partial charge in [-0.25, -0.2) is 8.42 Å². The van der Waals surface area contributed by atoms with Crippen molar-refractivity contribution >= 4 is 21.4 Å². The summed E-state index contributed by atoms with van der Waals surface area (Å²) in [5.41, 5.74) is 1.34. The highest BCUT2D eigenvalue weighted by atomic mass is 32.2. The van der Waals surface area contributed by atoms with E-state index in [1.165, 1.54) is 22.7 Å². The first kappa shape index (κ1) is 13.3. The molecule has 2 aliphatic rings. The minimum Gasteiger partial charge on any atom is -0.316 e. The van der Waals surface area contributed by atoms with Crippen molar-refractivity contribution in [2.24, 2.45) is 0 Å². The Morgan fingerprint density at radius 1 is 1.45 bits per heavy atom. The number of fused-ring (bicyclic) bond motifs is 3. The molecule has 1 fully saturated rings. The predicted molar refractivity (Wildman–Crippen MR) is 74.4 cm³/mol. The molecular formula is C12H15N3O4S. The summed E-state index contributed by atoms with van der Waals surface area (Å²) in [5, 5.41) is 14.1. The van der Waals surface area contributed by atoms with Crippen LogP contribution >= 0.6 is 0 Å². The summed E-state index contributed by atoms with van der Waals surface area (Å²) < 4.78 is 25.5. The number of nitrogens with zero attached hydrogens (tertiary/aromatic N) is 2. The number of rotatable bonds is 2. The van der Waals surface area contributed by atoms with Crippen LogP contribution in [0.25, 0.3) is 0 Å². The quantitative estimate of drug-likeness (QED) is 0.644. The van der Waals surface area contributed by atoms with Gasteiger partial charge < -0.3 is 5.32 Å². The summed E-state index contributed by atoms with van der Waals surface area (Å²) in [6.45, 7) is 1.40. The van der Waals surface area contributed by atoms with Crippen LogP contribution in [0.15, 0.2) is 18.2 Å². The summed E-state index contributed by atoms with van der Waals surface area (Å²) in [5.74, 6) is -0.0200. The van der Waals surface area contributed by atoms with E-state index >= 15 is 0 Å². The van der Waals surface area contributed by atoms with Gasteiger partial charge in [-0.05, 0) is 24.6 Å². The first-order valence-electron chi connectivity index (χ1n) is 6.38. The summed E-state index contributed by atoms with van der Waals surface area (Å²) in [6, 6.07) is 4.28. The summed E-state index contributed by atoms with van der Waals surface area (Å²) in [4.78, 5) is 10.4. The number of nitrogens with one attached hydrogen (secondary N) is 1. The zero-order chi connectivity index (χ0) is 14.5. The van der Waals surface area contributed by atoms with E-state index in [0.717, 1.165) is 12.1 Å². The number of sulfonamides is 1. The van der Waals surface area contributed by atoms with Crippen LogP contribution in [0, 0.1) is 10.1 Å². The topological polar surface area (TPSA) is 92.5 Å². The lowest BCUT2D eigenvalue weighted by atomic mass is 9.90. The van der Waals surface area contributed by atoms with Gasteiger partial charge in [0.15, 0.2) is 0 Å². The van der Waals surface area contributed by atoms with Crippen molar-refractivity contribution in [2.75, 3.05) is 23.7 Å². The minimum atomic E-state index is -3.38. The zero-order valence-corrected chi connectivity index (χ0v) is 11.8. The van der Waals surface area contributed by atoms with E-state index in [1.807, 2.05) is 0 Å². The highest BCUT2D eigenvalue weighted by Crippen LogP contribution is 2.45. The maximum absolute atomic E-state index is 12.0. The van der Waals surface area contributed by atoms with Crippen LogP contribution in [0.1, 0.15) is 17.9 Å². The second-order valence-corrected chi connectivity index (χ2v) is 7.09. The molecule has 1 saturated heterocycles. The lowest BCUT2D eigenvalue weighted by Crippen LogP contribution is -2.46. The van der Waals surface area contributed by atoms with Gasteiger partial charge in [-0.3, -0.25) is 14.4 Å². The van der Waals surface area contributed by atoms with Gasteiger partial charge in [0.05, 0.1) is 22.9 Å². The predicted octanol–water partition coefficient (Wildman–Crippen LogP) is 0.820. The number of piperidine rings is 1. The van der Waals surface area contributed by atoms with Crippen molar-refractivity contribution < 1.29 is 13.3 Å². The third-order valence-electron chi connectivity index (χ3n) is 3.96. The van der Waals surface area contributed by atoms with Gasteiger partial charge in [0.2, 0.25) is 10.0 Å². The minimum absolute atomic E-state index is 0.00317. The fourth-order valence-electron chi connectivity index (χ4n) is 3.20. The number of non-ortho nitro benzene ring substituents is 1. The van der Waals surface area contributed by atoms with Crippen molar-refractivity contribution in [3.63, 3.8) is 0 Å². The molecule has 1 aromatic rings. The number of benzene rings is 1. The fourth-order valence-corrected chi connectivity index (χ4v) is 4.47. The molecule has 0 bridgehead atoms. The van der Waals surface area contributed by atoms with Crippen LogP contribution in [-0.4, -0.2) is 38.7 Å². The van der Waals surface area contributed by atoms with Crippen molar-refractivity contribution in [3.8, 4) is 0 Å². The standard InChI is InChI=1S/C12H15N3O4S/c1-20(18,19)14-11-3-2-8(15(16)17)6-9(11)10-7-13-5-4-12(10)14/h2-3,6,10,12-13H,4-5,7H2,1H3. The lowest BCUT2D eigenvalue weighted by molar-refractivity contribution is -0.384. The first-order valence-corrected chi connectivity index (χ1v) is 8.23. The molecule has 2 unspecified atom stereocenters. The number of hydrogen-bond donors (Lipinski definition) is 1. The van der Waals surface area contributed by atoms with Gasteiger partial charge in [0.1, 0.15) is 0 Å². The molecule has 0 saturated carbocycles. The zero-order valence-electron chi connectivity index (χ0n) is 10.9. The molecule has 2 atom stereocenters. The second-order valence-electron chi connectivity index (χ2n) is 5.23. The van der Waals surface area contributed by atoms with Gasteiger partial charge in [-0.15, -0.1) is 0 Å². The third kappa shape index (κ3) is 1.95. The molecule has 1 aromatic carbocycles. The van der Waals surface area contributed by atoms with Crippen LogP contribution in [-0.2, 0) is 10.0 Å². The van der Waals surface area contributed by atoms with Crippen LogP contribution in [0.3, 0.4) is 0 Å². The van der Waals surface area contributed by atoms with E-state index in [9.17, 15) is 18.5 Å². The average molecular weight is 297 g/mol. The molecule has 8 heteroatoms. The van der Waals surface area contributed by atoms with Gasteiger partial charge in [-0.1, -0.05) is 0 Å². The van der Waals surface area contributed by atoms with Gasteiger partial charge >= 0.3 is 0 Å². The molecule has 0 spiro atoms. The highest BCUT2D eigenvalue weighted by Gasteiger charge is 2.44. The van der Waals surface area contributed by atoms with Gasteiger partial charge in [0.25, 0.3) is 5.69 Å². The number of nitro benzene ring substituents is 1. The molecule has 0 amide bonds. The van der Waals surface area contributed by atoms with Gasteiger partial charge in [0, 0.05) is 24.6 Å².